The van der Waals surface area contributed by atoms with Gasteiger partial charge in [-0.15, -0.1) is 22.7 Å². The van der Waals surface area contributed by atoms with E-state index in [0.29, 0.717) is 17.6 Å². The van der Waals surface area contributed by atoms with Crippen molar-refractivity contribution in [1.82, 2.24) is 24.5 Å². The molecule has 0 unspecified atom stereocenters. The molecule has 0 saturated heterocycles. The van der Waals surface area contributed by atoms with Crippen LogP contribution in [0.3, 0.4) is 0 Å². The van der Waals surface area contributed by atoms with Crippen molar-refractivity contribution in [3.8, 4) is 39.9 Å². The summed E-state index contributed by atoms with van der Waals surface area (Å²) in [6, 6.07) is 50.8. The zero-order valence-corrected chi connectivity index (χ0v) is 28.6. The largest absolute Gasteiger partial charge is 0.276 e. The van der Waals surface area contributed by atoms with Crippen LogP contribution in [0.15, 0.2) is 152 Å². The molecule has 0 aliphatic carbocycles. The average Bonchev–Trinajstić information content (AvgIpc) is 3.88. The van der Waals surface area contributed by atoms with Gasteiger partial charge in [-0.1, -0.05) is 121 Å². The zero-order chi connectivity index (χ0) is 33.5. The molecule has 51 heavy (non-hydrogen) atoms. The maximum atomic E-state index is 5.29. The minimum atomic E-state index is 0.587. The minimum Gasteiger partial charge on any atom is -0.276 e. The topological polar surface area (TPSA) is 56.5 Å². The third kappa shape index (κ3) is 4.32. The van der Waals surface area contributed by atoms with Crippen LogP contribution in [0.25, 0.3) is 102 Å². The van der Waals surface area contributed by atoms with Crippen molar-refractivity contribution in [2.75, 3.05) is 0 Å². The Morgan fingerprint density at radius 2 is 1.02 bits per heavy atom. The highest BCUT2D eigenvalue weighted by Gasteiger charge is 2.26. The number of aromatic nitrogens is 5. The summed E-state index contributed by atoms with van der Waals surface area (Å²) in [6.07, 6.45) is 1.89. The van der Waals surface area contributed by atoms with Crippen molar-refractivity contribution in [2.45, 2.75) is 0 Å². The molecular formula is C44H25N5S2. The molecule has 5 heterocycles. The van der Waals surface area contributed by atoms with E-state index in [1.165, 1.54) is 52.0 Å². The predicted molar refractivity (Wildman–Crippen MR) is 214 cm³/mol. The Hall–Kier alpha value is -6.28. The average molecular weight is 688 g/mol. The first kappa shape index (κ1) is 28.5. The molecule has 0 aliphatic rings. The van der Waals surface area contributed by atoms with Crippen molar-refractivity contribution in [3.05, 3.63) is 152 Å². The zero-order valence-electron chi connectivity index (χ0n) is 27.0. The molecule has 238 valence electrons. The Labute approximate surface area is 299 Å². The molecule has 0 saturated carbocycles. The minimum absolute atomic E-state index is 0.587. The van der Waals surface area contributed by atoms with Crippen molar-refractivity contribution in [2.24, 2.45) is 0 Å². The van der Waals surface area contributed by atoms with Crippen LogP contribution in [0, 0.1) is 0 Å². The van der Waals surface area contributed by atoms with Gasteiger partial charge in [0, 0.05) is 59.0 Å². The van der Waals surface area contributed by atoms with E-state index in [0.717, 1.165) is 32.6 Å². The fraction of sp³-hybridized carbons (Fsp3) is 0. The molecule has 5 nitrogen and oxygen atoms in total. The van der Waals surface area contributed by atoms with Crippen LogP contribution >= 0.6 is 22.7 Å². The second-order valence-electron chi connectivity index (χ2n) is 12.6. The monoisotopic (exact) mass is 687 g/mol. The second-order valence-corrected chi connectivity index (χ2v) is 14.7. The van der Waals surface area contributed by atoms with Gasteiger partial charge in [-0.3, -0.25) is 4.57 Å². The maximum absolute atomic E-state index is 5.29. The first-order valence-corrected chi connectivity index (χ1v) is 18.4. The summed E-state index contributed by atoms with van der Waals surface area (Å²) in [4.78, 5) is 21.5. The maximum Gasteiger partial charge on any atom is 0.238 e. The van der Waals surface area contributed by atoms with Crippen LogP contribution in [-0.4, -0.2) is 24.5 Å². The Morgan fingerprint density at radius 3 is 1.80 bits per heavy atom. The third-order valence-electron chi connectivity index (χ3n) is 9.73. The van der Waals surface area contributed by atoms with E-state index in [-0.39, 0.29) is 0 Å². The van der Waals surface area contributed by atoms with Crippen LogP contribution < -0.4 is 0 Å². The van der Waals surface area contributed by atoms with E-state index in [4.69, 9.17) is 19.9 Å². The van der Waals surface area contributed by atoms with Gasteiger partial charge in [0.1, 0.15) is 4.83 Å². The fourth-order valence-electron chi connectivity index (χ4n) is 7.46. The van der Waals surface area contributed by atoms with Gasteiger partial charge in [-0.25, -0.2) is 9.97 Å². The van der Waals surface area contributed by atoms with Gasteiger partial charge < -0.3 is 0 Å². The summed E-state index contributed by atoms with van der Waals surface area (Å²) in [7, 11) is 0. The van der Waals surface area contributed by atoms with Gasteiger partial charge >= 0.3 is 0 Å². The third-order valence-corrected chi connectivity index (χ3v) is 12.0. The number of benzene rings is 6. The Morgan fingerprint density at radius 1 is 0.431 bits per heavy atom. The van der Waals surface area contributed by atoms with Gasteiger partial charge in [0.2, 0.25) is 5.95 Å². The first-order chi connectivity index (χ1) is 25.3. The molecule has 5 aromatic heterocycles. The van der Waals surface area contributed by atoms with Crippen molar-refractivity contribution in [3.63, 3.8) is 0 Å². The van der Waals surface area contributed by atoms with E-state index in [1.54, 1.807) is 11.3 Å². The summed E-state index contributed by atoms with van der Waals surface area (Å²) >= 11 is 3.60. The van der Waals surface area contributed by atoms with Gasteiger partial charge in [0.05, 0.1) is 15.7 Å². The smallest absolute Gasteiger partial charge is 0.238 e. The Bertz CT molecular complexity index is 3120. The first-order valence-electron chi connectivity index (χ1n) is 16.8. The predicted octanol–water partition coefficient (Wildman–Crippen LogP) is 12.1. The molecule has 0 bridgehead atoms. The molecule has 6 aromatic carbocycles. The normalized spacial score (nSPS) is 11.9. The lowest BCUT2D eigenvalue weighted by Gasteiger charge is -2.12. The van der Waals surface area contributed by atoms with Gasteiger partial charge in [0.25, 0.3) is 0 Å². The van der Waals surface area contributed by atoms with Crippen LogP contribution in [-0.2, 0) is 0 Å². The number of para-hydroxylation sites is 1. The summed E-state index contributed by atoms with van der Waals surface area (Å²) in [5.41, 5.74) is 6.34. The van der Waals surface area contributed by atoms with E-state index in [9.17, 15) is 0 Å². The molecule has 0 radical (unpaired) electrons. The Kier molecular flexibility index (Phi) is 6.22. The summed E-state index contributed by atoms with van der Waals surface area (Å²) in [5, 5.41) is 7.37. The quantitative estimate of drug-likeness (QED) is 0.185. The molecule has 7 heteroatoms. The molecule has 0 N–H and O–H groups in total. The molecule has 11 aromatic rings. The molecule has 0 atom stereocenters. The number of hydrogen-bond acceptors (Lipinski definition) is 6. The van der Waals surface area contributed by atoms with Crippen LogP contribution in [0.5, 0.6) is 0 Å². The summed E-state index contributed by atoms with van der Waals surface area (Å²) < 4.78 is 5.99. The van der Waals surface area contributed by atoms with E-state index < -0.39 is 0 Å². The highest BCUT2D eigenvalue weighted by Crippen LogP contribution is 2.51. The van der Waals surface area contributed by atoms with Crippen LogP contribution in [0.4, 0.5) is 0 Å². The summed E-state index contributed by atoms with van der Waals surface area (Å²) in [5.74, 6) is 1.84. The number of hydrogen-bond donors (Lipinski definition) is 0. The molecule has 11 rings (SSSR count). The number of fused-ring (bicyclic) bond motifs is 12. The fourth-order valence-corrected chi connectivity index (χ4v) is 9.92. The highest BCUT2D eigenvalue weighted by molar-refractivity contribution is 7.29. The van der Waals surface area contributed by atoms with Crippen molar-refractivity contribution in [1.29, 1.82) is 0 Å². The number of nitrogens with zero attached hydrogens (tertiary/aromatic N) is 5. The molecule has 0 amide bonds. The van der Waals surface area contributed by atoms with Gasteiger partial charge in [-0.05, 0) is 35.4 Å². The lowest BCUT2D eigenvalue weighted by atomic mass is 10.0. The van der Waals surface area contributed by atoms with E-state index in [2.05, 4.69) is 120 Å². The lowest BCUT2D eigenvalue weighted by molar-refractivity contribution is 0.955. The number of pyridine rings is 1. The molecular weight excluding hydrogens is 663 g/mol. The van der Waals surface area contributed by atoms with Gasteiger partial charge in [-0.2, -0.15) is 9.97 Å². The number of thiophene rings is 2. The lowest BCUT2D eigenvalue weighted by Crippen LogP contribution is -2.06. The Balaban J connectivity index is 1.27. The summed E-state index contributed by atoms with van der Waals surface area (Å²) in [6.45, 7) is 0. The van der Waals surface area contributed by atoms with Crippen LogP contribution in [0.1, 0.15) is 0 Å². The van der Waals surface area contributed by atoms with E-state index in [1.807, 2.05) is 47.9 Å². The van der Waals surface area contributed by atoms with Gasteiger partial charge in [0.15, 0.2) is 11.6 Å². The SMILES string of the molecule is c1ccc(-c2ccc(-c3nc(-c4ccccc4)nc(-n4c5ccccc5c5c6sc7ccccc7c6c6c7cccnc7sc6c54)n3)cc2)cc1. The van der Waals surface area contributed by atoms with Crippen molar-refractivity contribution >= 4 is 85.0 Å². The van der Waals surface area contributed by atoms with Crippen LogP contribution in [0.2, 0.25) is 0 Å². The second kappa shape index (κ2) is 11.1. The van der Waals surface area contributed by atoms with Crippen molar-refractivity contribution < 1.29 is 0 Å². The molecule has 0 spiro atoms. The standard InChI is InChI=1S/C44H25N5S2/c1-3-12-26(13-4-1)27-21-23-29(24-22-27)42-46-41(28-14-5-2-6-15-28)47-44(48-42)49-33-19-9-7-16-30(33)37-38(49)40-36(32-18-11-25-45-43(32)51-40)35-31-17-8-10-20-34(31)50-39(35)37/h1-25H. The molecule has 0 aliphatic heterocycles. The molecule has 0 fully saturated rings. The van der Waals surface area contributed by atoms with E-state index >= 15 is 0 Å². The highest BCUT2D eigenvalue weighted by atomic mass is 32.1. The number of rotatable bonds is 4.